The number of likely N-dealkylation sites (N-methyl/N-ethyl adjacent to an activating group) is 1. The number of anilines is 1. The van der Waals surface area contributed by atoms with Gasteiger partial charge in [-0.15, -0.1) is 0 Å². The van der Waals surface area contributed by atoms with Gasteiger partial charge >= 0.3 is 0 Å². The van der Waals surface area contributed by atoms with Gasteiger partial charge in [-0.3, -0.25) is 0 Å². The van der Waals surface area contributed by atoms with Gasteiger partial charge in [-0.1, -0.05) is 42.5 Å². The van der Waals surface area contributed by atoms with Gasteiger partial charge in [-0.05, 0) is 36.7 Å². The van der Waals surface area contributed by atoms with Crippen molar-refractivity contribution in [3.63, 3.8) is 0 Å². The van der Waals surface area contributed by atoms with Crippen molar-refractivity contribution in [2.75, 3.05) is 19.3 Å². The van der Waals surface area contributed by atoms with E-state index in [4.69, 9.17) is 5.73 Å². The van der Waals surface area contributed by atoms with Crippen molar-refractivity contribution in [2.24, 2.45) is 0 Å². The molecule has 2 aromatic carbocycles. The Balaban J connectivity index is 1.82. The molecule has 0 unspecified atom stereocenters. The first-order valence-electron chi connectivity index (χ1n) is 6.31. The average molecular weight is 240 g/mol. The van der Waals surface area contributed by atoms with Crippen LogP contribution in [0.1, 0.15) is 11.1 Å². The highest BCUT2D eigenvalue weighted by Gasteiger charge is 2.01. The van der Waals surface area contributed by atoms with Crippen molar-refractivity contribution in [2.45, 2.75) is 13.0 Å². The summed E-state index contributed by atoms with van der Waals surface area (Å²) in [6.45, 7) is 2.03. The largest absolute Gasteiger partial charge is 0.399 e. The molecule has 2 aromatic rings. The van der Waals surface area contributed by atoms with E-state index in [9.17, 15) is 0 Å². The third kappa shape index (κ3) is 3.90. The minimum Gasteiger partial charge on any atom is -0.399 e. The van der Waals surface area contributed by atoms with Crippen LogP contribution in [0.25, 0.3) is 0 Å². The fourth-order valence-corrected chi connectivity index (χ4v) is 1.98. The second kappa shape index (κ2) is 6.22. The molecule has 0 spiro atoms. The van der Waals surface area contributed by atoms with Gasteiger partial charge in [0.05, 0.1) is 0 Å². The smallest absolute Gasteiger partial charge is 0.0314 e. The van der Waals surface area contributed by atoms with Crippen molar-refractivity contribution in [3.8, 4) is 0 Å². The molecule has 0 bridgehead atoms. The Hall–Kier alpha value is -1.80. The van der Waals surface area contributed by atoms with E-state index in [1.165, 1.54) is 11.1 Å². The molecule has 2 rings (SSSR count). The number of nitrogen functional groups attached to an aromatic ring is 1. The Kier molecular flexibility index (Phi) is 4.37. The van der Waals surface area contributed by atoms with Gasteiger partial charge in [0.1, 0.15) is 0 Å². The maximum atomic E-state index is 5.68. The van der Waals surface area contributed by atoms with E-state index in [-0.39, 0.29) is 0 Å². The standard InChI is InChI=1S/C16H20N2/c1-18(12-11-14-5-3-2-4-6-14)13-15-7-9-16(17)10-8-15/h2-10H,11-13,17H2,1H3. The lowest BCUT2D eigenvalue weighted by atomic mass is 10.1. The van der Waals surface area contributed by atoms with Gasteiger partial charge in [-0.2, -0.15) is 0 Å². The average Bonchev–Trinajstić information content (AvgIpc) is 2.40. The molecule has 0 aromatic heterocycles. The molecular formula is C16H20N2. The second-order valence-corrected chi connectivity index (χ2v) is 4.71. The summed E-state index contributed by atoms with van der Waals surface area (Å²) < 4.78 is 0. The lowest BCUT2D eigenvalue weighted by molar-refractivity contribution is 0.331. The van der Waals surface area contributed by atoms with Gasteiger partial charge in [0.15, 0.2) is 0 Å². The Bertz CT molecular complexity index is 462. The van der Waals surface area contributed by atoms with Crippen molar-refractivity contribution >= 4 is 5.69 Å². The van der Waals surface area contributed by atoms with Gasteiger partial charge < -0.3 is 10.6 Å². The highest BCUT2D eigenvalue weighted by Crippen LogP contribution is 2.08. The quantitative estimate of drug-likeness (QED) is 0.814. The fourth-order valence-electron chi connectivity index (χ4n) is 1.98. The van der Waals surface area contributed by atoms with E-state index in [0.717, 1.165) is 25.2 Å². The molecule has 2 N–H and O–H groups in total. The minimum atomic E-state index is 0.825. The van der Waals surface area contributed by atoms with Gasteiger partial charge in [-0.25, -0.2) is 0 Å². The number of hydrogen-bond acceptors (Lipinski definition) is 2. The SMILES string of the molecule is CN(CCc1ccccc1)Cc1ccc(N)cc1. The van der Waals surface area contributed by atoms with Crippen LogP contribution in [0.3, 0.4) is 0 Å². The zero-order valence-electron chi connectivity index (χ0n) is 10.8. The van der Waals surface area contributed by atoms with Gasteiger partial charge in [0.25, 0.3) is 0 Å². The molecule has 2 nitrogen and oxygen atoms in total. The minimum absolute atomic E-state index is 0.825. The zero-order chi connectivity index (χ0) is 12.8. The first-order chi connectivity index (χ1) is 8.74. The predicted molar refractivity (Wildman–Crippen MR) is 77.3 cm³/mol. The molecule has 0 aliphatic heterocycles. The number of benzene rings is 2. The fraction of sp³-hybridized carbons (Fsp3) is 0.250. The molecule has 0 atom stereocenters. The predicted octanol–water partition coefficient (Wildman–Crippen LogP) is 2.94. The van der Waals surface area contributed by atoms with Crippen LogP contribution in [0, 0.1) is 0 Å². The molecule has 0 aliphatic rings. The summed E-state index contributed by atoms with van der Waals surface area (Å²) in [5, 5.41) is 0. The lowest BCUT2D eigenvalue weighted by Gasteiger charge is -2.16. The number of rotatable bonds is 5. The molecule has 0 fully saturated rings. The van der Waals surface area contributed by atoms with Gasteiger partial charge in [0.2, 0.25) is 0 Å². The number of nitrogens with two attached hydrogens (primary N) is 1. The third-order valence-corrected chi connectivity index (χ3v) is 3.06. The summed E-state index contributed by atoms with van der Waals surface area (Å²) >= 11 is 0. The van der Waals surface area contributed by atoms with Crippen molar-refractivity contribution in [3.05, 3.63) is 65.7 Å². The first-order valence-corrected chi connectivity index (χ1v) is 6.31. The molecule has 0 amide bonds. The Morgan fingerprint density at radius 2 is 1.56 bits per heavy atom. The van der Waals surface area contributed by atoms with Crippen LogP contribution in [-0.4, -0.2) is 18.5 Å². The molecule has 0 radical (unpaired) electrons. The van der Waals surface area contributed by atoms with E-state index in [1.807, 2.05) is 12.1 Å². The molecule has 0 heterocycles. The molecular weight excluding hydrogens is 220 g/mol. The maximum Gasteiger partial charge on any atom is 0.0314 e. The van der Waals surface area contributed by atoms with E-state index in [1.54, 1.807) is 0 Å². The lowest BCUT2D eigenvalue weighted by Crippen LogP contribution is -2.20. The van der Waals surface area contributed by atoms with Crippen molar-refractivity contribution in [1.29, 1.82) is 0 Å². The van der Waals surface area contributed by atoms with Gasteiger partial charge in [0, 0.05) is 18.8 Å². The van der Waals surface area contributed by atoms with Crippen LogP contribution in [0.4, 0.5) is 5.69 Å². The van der Waals surface area contributed by atoms with Crippen LogP contribution in [0.15, 0.2) is 54.6 Å². The van der Waals surface area contributed by atoms with Crippen LogP contribution in [-0.2, 0) is 13.0 Å². The van der Waals surface area contributed by atoms with Crippen LogP contribution in [0.5, 0.6) is 0 Å². The normalized spacial score (nSPS) is 10.8. The molecule has 0 saturated heterocycles. The summed E-state index contributed by atoms with van der Waals surface area (Å²) in [5.41, 5.74) is 9.20. The summed E-state index contributed by atoms with van der Waals surface area (Å²) in [6, 6.07) is 18.7. The first kappa shape index (κ1) is 12.7. The summed E-state index contributed by atoms with van der Waals surface area (Å²) in [6.07, 6.45) is 1.09. The van der Waals surface area contributed by atoms with E-state index < -0.39 is 0 Å². The number of hydrogen-bond donors (Lipinski definition) is 1. The second-order valence-electron chi connectivity index (χ2n) is 4.71. The molecule has 18 heavy (non-hydrogen) atoms. The zero-order valence-corrected chi connectivity index (χ0v) is 10.8. The van der Waals surface area contributed by atoms with Crippen molar-refractivity contribution in [1.82, 2.24) is 4.90 Å². The molecule has 2 heteroatoms. The van der Waals surface area contributed by atoms with Crippen LogP contribution >= 0.6 is 0 Å². The maximum absolute atomic E-state index is 5.68. The molecule has 94 valence electrons. The topological polar surface area (TPSA) is 29.3 Å². The Morgan fingerprint density at radius 3 is 2.22 bits per heavy atom. The summed E-state index contributed by atoms with van der Waals surface area (Å²) in [7, 11) is 2.15. The summed E-state index contributed by atoms with van der Waals surface area (Å²) in [4.78, 5) is 2.33. The highest BCUT2D eigenvalue weighted by atomic mass is 15.1. The van der Waals surface area contributed by atoms with Crippen LogP contribution in [0.2, 0.25) is 0 Å². The highest BCUT2D eigenvalue weighted by molar-refractivity contribution is 5.39. The monoisotopic (exact) mass is 240 g/mol. The molecule has 0 saturated carbocycles. The van der Waals surface area contributed by atoms with E-state index in [2.05, 4.69) is 54.4 Å². The summed E-state index contributed by atoms with van der Waals surface area (Å²) in [5.74, 6) is 0. The van der Waals surface area contributed by atoms with E-state index >= 15 is 0 Å². The van der Waals surface area contributed by atoms with Crippen molar-refractivity contribution < 1.29 is 0 Å². The molecule has 0 aliphatic carbocycles. The Morgan fingerprint density at radius 1 is 0.889 bits per heavy atom. The number of nitrogens with zero attached hydrogens (tertiary/aromatic N) is 1. The van der Waals surface area contributed by atoms with Crippen LogP contribution < -0.4 is 5.73 Å². The Labute approximate surface area is 109 Å². The third-order valence-electron chi connectivity index (χ3n) is 3.06. The van der Waals surface area contributed by atoms with E-state index in [0.29, 0.717) is 0 Å².